The normalized spacial score (nSPS) is 22.6. The molecule has 1 nitrogen and oxygen atoms in total. The zero-order valence-electron chi connectivity index (χ0n) is 12.4. The van der Waals surface area contributed by atoms with Gasteiger partial charge in [0.15, 0.2) is 0 Å². The molecule has 1 atom stereocenters. The number of benzene rings is 2. The highest BCUT2D eigenvalue weighted by Gasteiger charge is 2.31. The van der Waals surface area contributed by atoms with Gasteiger partial charge in [-0.3, -0.25) is 0 Å². The van der Waals surface area contributed by atoms with E-state index < -0.39 is 0 Å². The molecule has 2 aromatic carbocycles. The molecule has 1 unspecified atom stereocenters. The minimum atomic E-state index is -0.150. The van der Waals surface area contributed by atoms with Crippen molar-refractivity contribution in [1.29, 1.82) is 0 Å². The second-order valence-electron chi connectivity index (χ2n) is 5.95. The maximum absolute atomic E-state index is 12.9. The molecule has 0 amide bonds. The number of hydrogen-bond acceptors (Lipinski definition) is 1. The Bertz CT molecular complexity index is 558. The van der Waals surface area contributed by atoms with Crippen molar-refractivity contribution in [3.63, 3.8) is 0 Å². The molecule has 0 saturated heterocycles. The quantitative estimate of drug-likeness (QED) is 0.830. The molecule has 0 spiro atoms. The number of nitrogens with one attached hydrogen (secondary N) is 1. The summed E-state index contributed by atoms with van der Waals surface area (Å²) in [6, 6.07) is 18.6. The highest BCUT2D eigenvalue weighted by Crippen LogP contribution is 2.38. The number of hydrogen-bond donors (Lipinski definition) is 1. The van der Waals surface area contributed by atoms with E-state index in [2.05, 4.69) is 42.6 Å². The Morgan fingerprint density at radius 2 is 1.71 bits per heavy atom. The maximum Gasteiger partial charge on any atom is 0.123 e. The van der Waals surface area contributed by atoms with Crippen LogP contribution < -0.4 is 5.32 Å². The second kappa shape index (κ2) is 6.40. The average Bonchev–Trinajstić information content (AvgIpc) is 2.49. The summed E-state index contributed by atoms with van der Waals surface area (Å²) in [7, 11) is 0. The first-order chi connectivity index (χ1) is 10.3. The van der Waals surface area contributed by atoms with E-state index in [1.165, 1.54) is 11.1 Å². The summed E-state index contributed by atoms with van der Waals surface area (Å²) in [4.78, 5) is 0. The standard InChI is InChI=1S/C19H22FN/c1-2-19(15-6-4-3-5-7-15)21-18-12-16(13-18)14-8-10-17(20)11-9-14/h3-11,16,18-19,21H,2,12-13H2,1H3. The van der Waals surface area contributed by atoms with E-state index >= 15 is 0 Å². The highest BCUT2D eigenvalue weighted by atomic mass is 19.1. The van der Waals surface area contributed by atoms with Crippen molar-refractivity contribution in [3.05, 3.63) is 71.5 Å². The van der Waals surface area contributed by atoms with Crippen molar-refractivity contribution in [2.45, 2.75) is 44.2 Å². The van der Waals surface area contributed by atoms with Gasteiger partial charge in [-0.15, -0.1) is 0 Å². The van der Waals surface area contributed by atoms with Gasteiger partial charge in [-0.25, -0.2) is 4.39 Å². The van der Waals surface area contributed by atoms with E-state index in [9.17, 15) is 4.39 Å². The third-order valence-electron chi connectivity index (χ3n) is 4.53. The van der Waals surface area contributed by atoms with Crippen LogP contribution in [0.5, 0.6) is 0 Å². The minimum absolute atomic E-state index is 0.150. The molecule has 110 valence electrons. The van der Waals surface area contributed by atoms with Crippen LogP contribution in [-0.4, -0.2) is 6.04 Å². The Hall–Kier alpha value is -1.67. The van der Waals surface area contributed by atoms with Crippen molar-refractivity contribution < 1.29 is 4.39 Å². The molecule has 0 heterocycles. The fourth-order valence-electron chi connectivity index (χ4n) is 3.18. The second-order valence-corrected chi connectivity index (χ2v) is 5.95. The Morgan fingerprint density at radius 1 is 1.05 bits per heavy atom. The van der Waals surface area contributed by atoms with Crippen LogP contribution in [0.4, 0.5) is 4.39 Å². The van der Waals surface area contributed by atoms with Gasteiger partial charge in [-0.1, -0.05) is 49.4 Å². The van der Waals surface area contributed by atoms with Crippen LogP contribution in [0.3, 0.4) is 0 Å². The van der Waals surface area contributed by atoms with E-state index in [1.54, 1.807) is 12.1 Å². The predicted molar refractivity (Wildman–Crippen MR) is 84.8 cm³/mol. The van der Waals surface area contributed by atoms with E-state index in [0.29, 0.717) is 18.0 Å². The molecule has 0 radical (unpaired) electrons. The van der Waals surface area contributed by atoms with Crippen LogP contribution in [-0.2, 0) is 0 Å². The Balaban J connectivity index is 1.55. The van der Waals surface area contributed by atoms with Gasteiger partial charge in [0.25, 0.3) is 0 Å². The molecule has 2 aromatic rings. The molecule has 1 aliphatic carbocycles. The first-order valence-corrected chi connectivity index (χ1v) is 7.82. The fourth-order valence-corrected chi connectivity index (χ4v) is 3.18. The minimum Gasteiger partial charge on any atom is -0.307 e. The van der Waals surface area contributed by atoms with Crippen LogP contribution >= 0.6 is 0 Å². The molecule has 0 aromatic heterocycles. The molecule has 0 aliphatic heterocycles. The third kappa shape index (κ3) is 3.33. The zero-order valence-corrected chi connectivity index (χ0v) is 12.4. The number of halogens is 1. The Labute approximate surface area is 126 Å². The van der Waals surface area contributed by atoms with Crippen LogP contribution in [0.25, 0.3) is 0 Å². The molecule has 1 N–H and O–H groups in total. The third-order valence-corrected chi connectivity index (χ3v) is 4.53. The molecule has 21 heavy (non-hydrogen) atoms. The molecule has 1 aliphatic rings. The van der Waals surface area contributed by atoms with Crippen molar-refractivity contribution in [2.24, 2.45) is 0 Å². The van der Waals surface area contributed by atoms with Crippen LogP contribution in [0.15, 0.2) is 54.6 Å². The van der Waals surface area contributed by atoms with E-state index in [4.69, 9.17) is 0 Å². The topological polar surface area (TPSA) is 12.0 Å². The van der Waals surface area contributed by atoms with E-state index in [0.717, 1.165) is 19.3 Å². The van der Waals surface area contributed by atoms with Gasteiger partial charge in [-0.05, 0) is 48.4 Å². The first kappa shape index (κ1) is 14.3. The predicted octanol–water partition coefficient (Wildman–Crippen LogP) is 4.81. The average molecular weight is 283 g/mol. The summed E-state index contributed by atoms with van der Waals surface area (Å²) in [5, 5.41) is 3.76. The SMILES string of the molecule is CCC(NC1CC(c2ccc(F)cc2)C1)c1ccccc1. The summed E-state index contributed by atoms with van der Waals surface area (Å²) in [6.45, 7) is 2.22. The lowest BCUT2D eigenvalue weighted by Crippen LogP contribution is -2.41. The van der Waals surface area contributed by atoms with Crippen molar-refractivity contribution in [2.75, 3.05) is 0 Å². The van der Waals surface area contributed by atoms with Crippen LogP contribution in [0.2, 0.25) is 0 Å². The lowest BCUT2D eigenvalue weighted by Gasteiger charge is -2.39. The zero-order chi connectivity index (χ0) is 14.7. The molecular weight excluding hydrogens is 261 g/mol. The number of rotatable bonds is 5. The van der Waals surface area contributed by atoms with Gasteiger partial charge < -0.3 is 5.32 Å². The fraction of sp³-hybridized carbons (Fsp3) is 0.368. The summed E-state index contributed by atoms with van der Waals surface area (Å²) in [6.07, 6.45) is 3.39. The maximum atomic E-state index is 12.9. The van der Waals surface area contributed by atoms with Crippen molar-refractivity contribution >= 4 is 0 Å². The summed E-state index contributed by atoms with van der Waals surface area (Å²) < 4.78 is 12.9. The molecular formula is C19H22FN. The summed E-state index contributed by atoms with van der Waals surface area (Å²) in [5.74, 6) is 0.430. The summed E-state index contributed by atoms with van der Waals surface area (Å²) in [5.41, 5.74) is 2.63. The van der Waals surface area contributed by atoms with E-state index in [-0.39, 0.29) is 5.82 Å². The van der Waals surface area contributed by atoms with Crippen LogP contribution in [0.1, 0.15) is 49.3 Å². The first-order valence-electron chi connectivity index (χ1n) is 7.82. The van der Waals surface area contributed by atoms with Gasteiger partial charge in [0.1, 0.15) is 5.82 Å². The molecule has 2 heteroatoms. The van der Waals surface area contributed by atoms with Gasteiger partial charge in [0.05, 0.1) is 0 Å². The lowest BCUT2D eigenvalue weighted by molar-refractivity contribution is 0.262. The molecule has 0 bridgehead atoms. The van der Waals surface area contributed by atoms with Gasteiger partial charge in [0.2, 0.25) is 0 Å². The van der Waals surface area contributed by atoms with Crippen molar-refractivity contribution in [3.8, 4) is 0 Å². The van der Waals surface area contributed by atoms with Crippen LogP contribution in [0, 0.1) is 5.82 Å². The Kier molecular flexibility index (Phi) is 4.35. The molecule has 1 saturated carbocycles. The monoisotopic (exact) mass is 283 g/mol. The summed E-state index contributed by atoms with van der Waals surface area (Å²) >= 11 is 0. The van der Waals surface area contributed by atoms with Crippen molar-refractivity contribution in [1.82, 2.24) is 5.32 Å². The smallest absolute Gasteiger partial charge is 0.123 e. The largest absolute Gasteiger partial charge is 0.307 e. The van der Waals surface area contributed by atoms with E-state index in [1.807, 2.05) is 12.1 Å². The lowest BCUT2D eigenvalue weighted by atomic mass is 9.75. The Morgan fingerprint density at radius 3 is 2.33 bits per heavy atom. The molecule has 3 rings (SSSR count). The highest BCUT2D eigenvalue weighted by molar-refractivity contribution is 5.24. The van der Waals surface area contributed by atoms with Gasteiger partial charge in [0, 0.05) is 12.1 Å². The molecule has 1 fully saturated rings. The van der Waals surface area contributed by atoms with Gasteiger partial charge >= 0.3 is 0 Å². The van der Waals surface area contributed by atoms with Gasteiger partial charge in [-0.2, -0.15) is 0 Å².